The molecule has 0 fully saturated rings. The van der Waals surface area contributed by atoms with Gasteiger partial charge in [0.15, 0.2) is 11.6 Å². The standard InChI is InChI=1S/C29H17ClO3S/c1-16-11-21-22(14-24(16)30)29(32)23(28(21)31)12-20-13-27-25(33-20)15-26(34-27)19-9-7-18(8-10-19)17-5-3-2-4-6-17/h2-15H,1H3/b23-12-. The molecule has 1 aliphatic rings. The largest absolute Gasteiger partial charge is 0.456 e. The van der Waals surface area contributed by atoms with Crippen molar-refractivity contribution in [2.45, 2.75) is 6.92 Å². The number of allylic oxidation sites excluding steroid dienone is 1. The Labute approximate surface area is 204 Å². The molecule has 0 saturated heterocycles. The molecule has 2 aromatic heterocycles. The normalized spacial score (nSPS) is 14.4. The second-order valence-electron chi connectivity index (χ2n) is 8.29. The van der Waals surface area contributed by atoms with E-state index in [9.17, 15) is 9.59 Å². The van der Waals surface area contributed by atoms with Crippen molar-refractivity contribution in [3.63, 3.8) is 0 Å². The summed E-state index contributed by atoms with van der Waals surface area (Å²) in [7, 11) is 0. The topological polar surface area (TPSA) is 47.3 Å². The zero-order valence-electron chi connectivity index (χ0n) is 18.1. The third-order valence-electron chi connectivity index (χ3n) is 6.07. The molecule has 0 aliphatic heterocycles. The van der Waals surface area contributed by atoms with Gasteiger partial charge in [-0.15, -0.1) is 11.3 Å². The van der Waals surface area contributed by atoms with E-state index in [4.69, 9.17) is 16.0 Å². The summed E-state index contributed by atoms with van der Waals surface area (Å²) in [5.74, 6) is -0.126. The van der Waals surface area contributed by atoms with Gasteiger partial charge in [-0.2, -0.15) is 0 Å². The highest BCUT2D eigenvalue weighted by atomic mass is 35.5. The van der Waals surface area contributed by atoms with E-state index in [-0.39, 0.29) is 17.1 Å². The number of thiophene rings is 1. The van der Waals surface area contributed by atoms with E-state index in [1.54, 1.807) is 23.5 Å². The van der Waals surface area contributed by atoms with Crippen LogP contribution in [0.5, 0.6) is 0 Å². The molecular formula is C29H17ClO3S. The van der Waals surface area contributed by atoms with E-state index in [1.165, 1.54) is 17.2 Å². The average Bonchev–Trinajstić information content (AvgIpc) is 3.48. The molecule has 0 bridgehead atoms. The first-order chi connectivity index (χ1) is 16.5. The molecule has 0 saturated carbocycles. The van der Waals surface area contributed by atoms with Gasteiger partial charge in [0.05, 0.1) is 10.3 Å². The number of rotatable bonds is 3. The fourth-order valence-corrected chi connectivity index (χ4v) is 5.45. The van der Waals surface area contributed by atoms with E-state index in [0.29, 0.717) is 21.9 Å². The molecule has 0 radical (unpaired) electrons. The van der Waals surface area contributed by atoms with E-state index in [2.05, 4.69) is 36.4 Å². The predicted molar refractivity (Wildman–Crippen MR) is 138 cm³/mol. The van der Waals surface area contributed by atoms with Crippen LogP contribution in [0.15, 0.2) is 88.9 Å². The minimum Gasteiger partial charge on any atom is -0.456 e. The number of aryl methyl sites for hydroxylation is 1. The molecule has 0 spiro atoms. The summed E-state index contributed by atoms with van der Waals surface area (Å²) in [5, 5.41) is 0.476. The van der Waals surface area contributed by atoms with Crippen molar-refractivity contribution >= 4 is 50.9 Å². The van der Waals surface area contributed by atoms with Gasteiger partial charge in [-0.25, -0.2) is 0 Å². The van der Waals surface area contributed by atoms with Crippen molar-refractivity contribution < 1.29 is 14.0 Å². The third kappa shape index (κ3) is 3.43. The number of carbonyl (C=O) groups is 2. The molecule has 3 nitrogen and oxygen atoms in total. The number of ketones is 2. The molecule has 0 unspecified atom stereocenters. The van der Waals surface area contributed by atoms with Crippen LogP contribution in [-0.2, 0) is 0 Å². The number of carbonyl (C=O) groups excluding carboxylic acids is 2. The Balaban J connectivity index is 1.29. The van der Waals surface area contributed by atoms with Crippen LogP contribution in [0.3, 0.4) is 0 Å². The summed E-state index contributed by atoms with van der Waals surface area (Å²) in [5.41, 5.74) is 5.81. The van der Waals surface area contributed by atoms with Crippen molar-refractivity contribution in [3.8, 4) is 21.6 Å². The molecule has 2 heterocycles. The van der Waals surface area contributed by atoms with Crippen LogP contribution >= 0.6 is 22.9 Å². The van der Waals surface area contributed by atoms with Gasteiger partial charge in [0.25, 0.3) is 0 Å². The summed E-state index contributed by atoms with van der Waals surface area (Å²) >= 11 is 7.77. The summed E-state index contributed by atoms with van der Waals surface area (Å²) in [4.78, 5) is 26.7. The number of Topliss-reactive ketones (excluding diaryl/α,β-unsaturated/α-hetero) is 2. The average molecular weight is 481 g/mol. The molecule has 3 aromatic carbocycles. The second kappa shape index (κ2) is 7.94. The minimum absolute atomic E-state index is 0.106. The Kier molecular flexibility index (Phi) is 4.87. The molecule has 164 valence electrons. The first-order valence-corrected chi connectivity index (χ1v) is 12.0. The molecule has 1 aliphatic carbocycles. The van der Waals surface area contributed by atoms with Crippen LogP contribution < -0.4 is 0 Å². The van der Waals surface area contributed by atoms with Gasteiger partial charge in [0.2, 0.25) is 0 Å². The van der Waals surface area contributed by atoms with E-state index < -0.39 is 0 Å². The van der Waals surface area contributed by atoms with Gasteiger partial charge in [0, 0.05) is 33.2 Å². The van der Waals surface area contributed by atoms with Crippen LogP contribution in [0.1, 0.15) is 32.0 Å². The van der Waals surface area contributed by atoms with Crippen molar-refractivity contribution in [2.75, 3.05) is 0 Å². The Hall–Kier alpha value is -3.73. The lowest BCUT2D eigenvalue weighted by atomic mass is 10.0. The molecule has 5 heteroatoms. The Bertz CT molecular complexity index is 1560. The summed E-state index contributed by atoms with van der Waals surface area (Å²) < 4.78 is 6.93. The highest BCUT2D eigenvalue weighted by Crippen LogP contribution is 2.38. The summed E-state index contributed by atoms with van der Waals surface area (Å²) in [6.45, 7) is 1.81. The highest BCUT2D eigenvalue weighted by molar-refractivity contribution is 7.22. The molecule has 0 N–H and O–H groups in total. The van der Waals surface area contributed by atoms with Crippen molar-refractivity contribution in [1.82, 2.24) is 0 Å². The van der Waals surface area contributed by atoms with Crippen LogP contribution in [-0.4, -0.2) is 11.6 Å². The fraction of sp³-hybridized carbons (Fsp3) is 0.0345. The smallest absolute Gasteiger partial charge is 0.197 e. The first-order valence-electron chi connectivity index (χ1n) is 10.8. The lowest BCUT2D eigenvalue weighted by Gasteiger charge is -2.03. The van der Waals surface area contributed by atoms with Crippen molar-refractivity contribution in [1.29, 1.82) is 0 Å². The van der Waals surface area contributed by atoms with Crippen LogP contribution in [0, 0.1) is 6.92 Å². The van der Waals surface area contributed by atoms with Crippen molar-refractivity contribution in [2.24, 2.45) is 0 Å². The first kappa shape index (κ1) is 20.8. The van der Waals surface area contributed by atoms with Gasteiger partial charge >= 0.3 is 0 Å². The predicted octanol–water partition coefficient (Wildman–Crippen LogP) is 8.25. The number of hydrogen-bond donors (Lipinski definition) is 0. The van der Waals surface area contributed by atoms with Crippen molar-refractivity contribution in [3.05, 3.63) is 112 Å². The SMILES string of the molecule is Cc1cc2c(cc1Cl)C(=O)/C(=C\c1cc3sc(-c4ccc(-c5ccccc5)cc4)cc3o1)C2=O. The van der Waals surface area contributed by atoms with E-state index in [1.807, 2.05) is 37.3 Å². The maximum atomic E-state index is 12.8. The fourth-order valence-electron chi connectivity index (χ4n) is 4.25. The Morgan fingerprint density at radius 2 is 1.44 bits per heavy atom. The monoisotopic (exact) mass is 480 g/mol. The van der Waals surface area contributed by atoms with E-state index in [0.717, 1.165) is 26.3 Å². The third-order valence-corrected chi connectivity index (χ3v) is 7.59. The van der Waals surface area contributed by atoms with Crippen LogP contribution in [0.25, 0.3) is 37.9 Å². The summed E-state index contributed by atoms with van der Waals surface area (Å²) in [6.07, 6.45) is 1.54. The number of hydrogen-bond acceptors (Lipinski definition) is 4. The quantitative estimate of drug-likeness (QED) is 0.193. The second-order valence-corrected chi connectivity index (χ2v) is 9.79. The molecular weight excluding hydrogens is 464 g/mol. The number of furan rings is 1. The Morgan fingerprint density at radius 1 is 0.794 bits per heavy atom. The molecule has 0 atom stereocenters. The van der Waals surface area contributed by atoms with Gasteiger partial charge in [-0.1, -0.05) is 66.2 Å². The maximum absolute atomic E-state index is 12.8. The highest BCUT2D eigenvalue weighted by Gasteiger charge is 2.34. The molecule has 6 rings (SSSR count). The lowest BCUT2D eigenvalue weighted by Crippen LogP contribution is -1.99. The molecule has 34 heavy (non-hydrogen) atoms. The number of benzene rings is 3. The number of halogens is 1. The molecule has 0 amide bonds. The number of fused-ring (bicyclic) bond motifs is 2. The zero-order valence-corrected chi connectivity index (χ0v) is 19.7. The lowest BCUT2D eigenvalue weighted by molar-refractivity contribution is 0.0990. The Morgan fingerprint density at radius 3 is 2.15 bits per heavy atom. The van der Waals surface area contributed by atoms with Gasteiger partial charge in [-0.05, 0) is 47.4 Å². The van der Waals surface area contributed by atoms with Gasteiger partial charge in [0.1, 0.15) is 11.3 Å². The molecule has 5 aromatic rings. The maximum Gasteiger partial charge on any atom is 0.197 e. The van der Waals surface area contributed by atoms with Gasteiger partial charge < -0.3 is 4.42 Å². The summed E-state index contributed by atoms with van der Waals surface area (Å²) in [6, 6.07) is 25.8. The minimum atomic E-state index is -0.319. The van der Waals surface area contributed by atoms with Crippen LogP contribution in [0.2, 0.25) is 5.02 Å². The van der Waals surface area contributed by atoms with Gasteiger partial charge in [-0.3, -0.25) is 9.59 Å². The van der Waals surface area contributed by atoms with Crippen LogP contribution in [0.4, 0.5) is 0 Å². The van der Waals surface area contributed by atoms with E-state index >= 15 is 0 Å². The zero-order chi connectivity index (χ0) is 23.4.